The third-order valence-electron chi connectivity index (χ3n) is 5.07. The Hall–Kier alpha value is -1.51. The van der Waals surface area contributed by atoms with Crippen LogP contribution < -0.4 is 5.73 Å². The van der Waals surface area contributed by atoms with Crippen LogP contribution in [-0.4, -0.2) is 11.1 Å². The highest BCUT2D eigenvalue weighted by atomic mass is 16.4. The molecule has 0 amide bonds. The Kier molecular flexibility index (Phi) is 19.1. The Labute approximate surface area is 174 Å². The lowest BCUT2D eigenvalue weighted by molar-refractivity contribution is -0.137. The molecule has 3 nitrogen and oxygen atoms in total. The SMILES string of the molecule is CCCCCCCCCCCCCCCCCC(=O)O.Cc1ccc(N)cc1. The van der Waals surface area contributed by atoms with Crippen LogP contribution in [0, 0.1) is 6.92 Å². The third kappa shape index (κ3) is 20.8. The highest BCUT2D eigenvalue weighted by Crippen LogP contribution is 2.13. The number of nitrogens with two attached hydrogens (primary N) is 1. The molecule has 28 heavy (non-hydrogen) atoms. The van der Waals surface area contributed by atoms with Crippen molar-refractivity contribution >= 4 is 11.7 Å². The number of anilines is 1. The number of carboxylic acids is 1. The number of nitrogen functional groups attached to an aromatic ring is 1. The second-order valence-electron chi connectivity index (χ2n) is 8.00. The molecular weight excluding hydrogens is 346 g/mol. The van der Waals surface area contributed by atoms with Gasteiger partial charge in [0.15, 0.2) is 0 Å². The zero-order valence-corrected chi connectivity index (χ0v) is 18.6. The summed E-state index contributed by atoms with van der Waals surface area (Å²) in [5.74, 6) is -0.653. The number of carboxylic acid groups (broad SMARTS) is 1. The summed E-state index contributed by atoms with van der Waals surface area (Å²) in [5.41, 5.74) is 7.51. The lowest BCUT2D eigenvalue weighted by Crippen LogP contribution is -1.93. The van der Waals surface area contributed by atoms with Crippen LogP contribution in [0.2, 0.25) is 0 Å². The molecule has 1 aromatic rings. The Balaban J connectivity index is 0.000000749. The summed E-state index contributed by atoms with van der Waals surface area (Å²) in [5, 5.41) is 8.52. The minimum Gasteiger partial charge on any atom is -0.481 e. The first-order valence-electron chi connectivity index (χ1n) is 11.6. The molecule has 0 aliphatic carbocycles. The standard InChI is InChI=1S/C18H36O2.C7H9N/c1-2-3-4-5-6-7-8-9-10-11-12-13-14-15-16-17-18(19)20;1-6-2-4-7(8)5-3-6/h2-17H2,1H3,(H,19,20);2-5H,8H2,1H3. The van der Waals surface area contributed by atoms with Crippen molar-refractivity contribution in [3.05, 3.63) is 29.8 Å². The molecule has 0 radical (unpaired) electrons. The molecule has 162 valence electrons. The van der Waals surface area contributed by atoms with Gasteiger partial charge in [-0.1, -0.05) is 115 Å². The molecule has 3 heteroatoms. The van der Waals surface area contributed by atoms with Gasteiger partial charge in [-0.15, -0.1) is 0 Å². The summed E-state index contributed by atoms with van der Waals surface area (Å²) in [6, 6.07) is 7.79. The number of carbonyl (C=O) groups is 1. The minimum absolute atomic E-state index is 0.345. The highest BCUT2D eigenvalue weighted by Gasteiger charge is 1.97. The maximum atomic E-state index is 10.3. The van der Waals surface area contributed by atoms with E-state index in [4.69, 9.17) is 10.8 Å². The van der Waals surface area contributed by atoms with Crippen molar-refractivity contribution in [3.8, 4) is 0 Å². The highest BCUT2D eigenvalue weighted by molar-refractivity contribution is 5.66. The van der Waals surface area contributed by atoms with Crippen LogP contribution in [0.1, 0.15) is 115 Å². The predicted molar refractivity (Wildman–Crippen MR) is 123 cm³/mol. The van der Waals surface area contributed by atoms with Crippen molar-refractivity contribution in [3.63, 3.8) is 0 Å². The van der Waals surface area contributed by atoms with Crippen molar-refractivity contribution in [2.45, 2.75) is 117 Å². The van der Waals surface area contributed by atoms with E-state index in [1.54, 1.807) is 0 Å². The second-order valence-corrected chi connectivity index (χ2v) is 8.00. The van der Waals surface area contributed by atoms with Crippen LogP contribution in [0.4, 0.5) is 5.69 Å². The van der Waals surface area contributed by atoms with Crippen molar-refractivity contribution in [1.82, 2.24) is 0 Å². The number of benzene rings is 1. The number of rotatable bonds is 16. The lowest BCUT2D eigenvalue weighted by atomic mass is 10.0. The van der Waals surface area contributed by atoms with E-state index in [0.717, 1.165) is 18.5 Å². The zero-order valence-electron chi connectivity index (χ0n) is 18.6. The lowest BCUT2D eigenvalue weighted by Gasteiger charge is -2.03. The largest absolute Gasteiger partial charge is 0.481 e. The van der Waals surface area contributed by atoms with Crippen LogP contribution >= 0.6 is 0 Å². The van der Waals surface area contributed by atoms with Gasteiger partial charge in [-0.05, 0) is 25.5 Å². The third-order valence-corrected chi connectivity index (χ3v) is 5.07. The van der Waals surface area contributed by atoms with Crippen LogP contribution in [0.15, 0.2) is 24.3 Å². The molecule has 0 heterocycles. The summed E-state index contributed by atoms with van der Waals surface area (Å²) in [6.07, 6.45) is 20.2. The number of unbranched alkanes of at least 4 members (excludes halogenated alkanes) is 14. The van der Waals surface area contributed by atoms with Gasteiger partial charge in [-0.3, -0.25) is 4.79 Å². The van der Waals surface area contributed by atoms with Gasteiger partial charge >= 0.3 is 5.97 Å². The van der Waals surface area contributed by atoms with Gasteiger partial charge in [0.2, 0.25) is 0 Å². The van der Waals surface area contributed by atoms with Gasteiger partial charge in [0, 0.05) is 12.1 Å². The quantitative estimate of drug-likeness (QED) is 0.222. The van der Waals surface area contributed by atoms with E-state index >= 15 is 0 Å². The maximum Gasteiger partial charge on any atom is 0.303 e. The van der Waals surface area contributed by atoms with Crippen molar-refractivity contribution in [1.29, 1.82) is 0 Å². The molecule has 0 bridgehead atoms. The monoisotopic (exact) mass is 391 g/mol. The van der Waals surface area contributed by atoms with E-state index in [-0.39, 0.29) is 0 Å². The normalized spacial score (nSPS) is 10.4. The Bertz CT molecular complexity index is 435. The number of aryl methyl sites for hydroxylation is 1. The summed E-state index contributed by atoms with van der Waals surface area (Å²) < 4.78 is 0. The molecule has 0 saturated heterocycles. The molecule has 0 aliphatic heterocycles. The van der Waals surface area contributed by atoms with Crippen molar-refractivity contribution in [2.24, 2.45) is 0 Å². The first kappa shape index (κ1) is 26.5. The van der Waals surface area contributed by atoms with Crippen LogP contribution in [-0.2, 0) is 4.79 Å². The molecule has 0 aliphatic rings. The average molecular weight is 392 g/mol. The van der Waals surface area contributed by atoms with Gasteiger partial charge in [0.05, 0.1) is 0 Å². The van der Waals surface area contributed by atoms with Gasteiger partial charge < -0.3 is 10.8 Å². The minimum atomic E-state index is -0.653. The second kappa shape index (κ2) is 20.2. The summed E-state index contributed by atoms with van der Waals surface area (Å²) >= 11 is 0. The Morgan fingerprint density at radius 1 is 0.714 bits per heavy atom. The molecule has 0 unspecified atom stereocenters. The van der Waals surface area contributed by atoms with Gasteiger partial charge in [-0.2, -0.15) is 0 Å². The van der Waals surface area contributed by atoms with Crippen LogP contribution in [0.5, 0.6) is 0 Å². The first-order valence-corrected chi connectivity index (χ1v) is 11.6. The van der Waals surface area contributed by atoms with E-state index in [1.165, 1.54) is 89.0 Å². The molecule has 0 aromatic heterocycles. The topological polar surface area (TPSA) is 63.3 Å². The van der Waals surface area contributed by atoms with Gasteiger partial charge in [0.25, 0.3) is 0 Å². The molecular formula is C25H45NO2. The molecule has 1 aromatic carbocycles. The summed E-state index contributed by atoms with van der Waals surface area (Å²) in [4.78, 5) is 10.3. The molecule has 0 atom stereocenters. The van der Waals surface area contributed by atoms with E-state index in [2.05, 4.69) is 6.92 Å². The zero-order chi connectivity index (χ0) is 20.9. The summed E-state index contributed by atoms with van der Waals surface area (Å²) in [6.45, 7) is 4.31. The number of aliphatic carboxylic acids is 1. The van der Waals surface area contributed by atoms with Crippen LogP contribution in [0.3, 0.4) is 0 Å². The molecule has 0 fully saturated rings. The molecule has 1 rings (SSSR count). The summed E-state index contributed by atoms with van der Waals surface area (Å²) in [7, 11) is 0. The average Bonchev–Trinajstić information content (AvgIpc) is 2.67. The molecule has 3 N–H and O–H groups in total. The maximum absolute atomic E-state index is 10.3. The van der Waals surface area contributed by atoms with Crippen molar-refractivity contribution in [2.75, 3.05) is 5.73 Å². The number of hydrogen-bond donors (Lipinski definition) is 2. The Morgan fingerprint density at radius 2 is 1.07 bits per heavy atom. The van der Waals surface area contributed by atoms with Crippen molar-refractivity contribution < 1.29 is 9.90 Å². The number of hydrogen-bond acceptors (Lipinski definition) is 2. The predicted octanol–water partition coefficient (Wildman–Crippen LogP) is 7.91. The van der Waals surface area contributed by atoms with E-state index in [9.17, 15) is 4.79 Å². The Morgan fingerprint density at radius 3 is 1.39 bits per heavy atom. The van der Waals surface area contributed by atoms with Gasteiger partial charge in [0.1, 0.15) is 0 Å². The molecule has 0 saturated carbocycles. The van der Waals surface area contributed by atoms with Gasteiger partial charge in [-0.25, -0.2) is 0 Å². The van der Waals surface area contributed by atoms with E-state index in [1.807, 2.05) is 31.2 Å². The van der Waals surface area contributed by atoms with E-state index < -0.39 is 5.97 Å². The fourth-order valence-corrected chi connectivity index (χ4v) is 3.21. The van der Waals surface area contributed by atoms with Crippen LogP contribution in [0.25, 0.3) is 0 Å². The first-order chi connectivity index (χ1) is 13.6. The fourth-order valence-electron chi connectivity index (χ4n) is 3.21. The smallest absolute Gasteiger partial charge is 0.303 e. The molecule has 0 spiro atoms. The fraction of sp³-hybridized carbons (Fsp3) is 0.720. The van der Waals surface area contributed by atoms with E-state index in [0.29, 0.717) is 6.42 Å².